The minimum Gasteiger partial charge on any atom is -0.370 e. The number of ether oxygens (including phenoxy) is 3. The summed E-state index contributed by atoms with van der Waals surface area (Å²) in [6.45, 7) is 1.32. The molecule has 4 aromatic rings. The molecule has 2 fully saturated rings. The lowest BCUT2D eigenvalue weighted by atomic mass is 9.92. The Kier molecular flexibility index (Phi) is 7.74. The van der Waals surface area contributed by atoms with Crippen LogP contribution in [0.4, 0.5) is 0 Å². The molecule has 0 aliphatic carbocycles. The highest BCUT2D eigenvalue weighted by atomic mass is 79.9. The van der Waals surface area contributed by atoms with Gasteiger partial charge in [-0.2, -0.15) is 0 Å². The first-order valence-corrected chi connectivity index (χ1v) is 15.1. The molecule has 2 heterocycles. The highest BCUT2D eigenvalue weighted by Gasteiger charge is 2.44. The molecule has 3 nitrogen and oxygen atoms in total. The maximum atomic E-state index is 7.10. The smallest absolute Gasteiger partial charge is 0.114 e. The van der Waals surface area contributed by atoms with E-state index in [4.69, 9.17) is 14.2 Å². The van der Waals surface area contributed by atoms with Crippen LogP contribution in [-0.2, 0) is 14.2 Å². The van der Waals surface area contributed by atoms with Crippen molar-refractivity contribution in [1.82, 2.24) is 0 Å². The van der Waals surface area contributed by atoms with E-state index in [-0.39, 0.29) is 24.4 Å². The molecule has 188 valence electrons. The van der Waals surface area contributed by atoms with Crippen molar-refractivity contribution in [2.45, 2.75) is 24.4 Å². The second-order valence-corrected chi connectivity index (χ2v) is 12.7. The molecule has 4 aromatic carbocycles. The molecule has 2 saturated heterocycles. The number of halogens is 4. The van der Waals surface area contributed by atoms with Gasteiger partial charge < -0.3 is 14.2 Å². The van der Waals surface area contributed by atoms with E-state index >= 15 is 0 Å². The average molecular weight is 750 g/mol. The van der Waals surface area contributed by atoms with Gasteiger partial charge in [0.25, 0.3) is 0 Å². The van der Waals surface area contributed by atoms with Crippen molar-refractivity contribution in [3.05, 3.63) is 114 Å². The van der Waals surface area contributed by atoms with Gasteiger partial charge in [0, 0.05) is 29.0 Å². The van der Waals surface area contributed by atoms with E-state index in [0.29, 0.717) is 13.2 Å². The molecule has 0 spiro atoms. The van der Waals surface area contributed by atoms with E-state index in [2.05, 4.69) is 137 Å². The number of hydrogen-bond donors (Lipinski definition) is 0. The Morgan fingerprint density at radius 2 is 0.973 bits per heavy atom. The van der Waals surface area contributed by atoms with Gasteiger partial charge in [-0.05, 0) is 46.5 Å². The second-order valence-electron chi connectivity index (χ2n) is 9.15. The molecule has 0 aromatic heterocycles. The van der Waals surface area contributed by atoms with Crippen LogP contribution in [0.2, 0.25) is 0 Å². The normalized spacial score (nSPS) is 19.9. The number of rotatable bonds is 8. The topological polar surface area (TPSA) is 34.3 Å². The predicted molar refractivity (Wildman–Crippen MR) is 161 cm³/mol. The zero-order chi connectivity index (χ0) is 25.5. The predicted octanol–water partition coefficient (Wildman–Crippen LogP) is 9.67. The van der Waals surface area contributed by atoms with Crippen LogP contribution in [0.5, 0.6) is 0 Å². The van der Waals surface area contributed by atoms with Gasteiger partial charge in [0.2, 0.25) is 0 Å². The van der Waals surface area contributed by atoms with Crippen LogP contribution in [0.25, 0.3) is 22.3 Å². The zero-order valence-electron chi connectivity index (χ0n) is 19.5. The molecule has 7 heteroatoms. The molecule has 0 amide bonds. The third-order valence-electron chi connectivity index (χ3n) is 6.61. The summed E-state index contributed by atoms with van der Waals surface area (Å²) in [7, 11) is 0. The van der Waals surface area contributed by atoms with Gasteiger partial charge >= 0.3 is 0 Å². The monoisotopic (exact) mass is 746 g/mol. The molecule has 2 aliphatic heterocycles. The van der Waals surface area contributed by atoms with Crippen molar-refractivity contribution in [1.29, 1.82) is 0 Å². The third-order valence-corrected chi connectivity index (χ3v) is 8.84. The van der Waals surface area contributed by atoms with Crippen molar-refractivity contribution in [3.8, 4) is 22.3 Å². The van der Waals surface area contributed by atoms with Crippen molar-refractivity contribution < 1.29 is 14.2 Å². The van der Waals surface area contributed by atoms with Gasteiger partial charge in [-0.15, -0.1) is 0 Å². The van der Waals surface area contributed by atoms with Crippen LogP contribution in [0, 0.1) is 0 Å². The summed E-state index contributed by atoms with van der Waals surface area (Å²) >= 11 is 15.1. The lowest BCUT2D eigenvalue weighted by Gasteiger charge is -2.28. The van der Waals surface area contributed by atoms with Crippen molar-refractivity contribution in [3.63, 3.8) is 0 Å². The van der Waals surface area contributed by atoms with Crippen LogP contribution in [0.1, 0.15) is 23.3 Å². The van der Waals surface area contributed by atoms with E-state index in [1.165, 1.54) is 0 Å². The summed E-state index contributed by atoms with van der Waals surface area (Å²) in [6.07, 6.45) is -0.636. The van der Waals surface area contributed by atoms with Crippen LogP contribution in [-0.4, -0.2) is 25.4 Å². The molecule has 4 unspecified atom stereocenters. The van der Waals surface area contributed by atoms with E-state index in [9.17, 15) is 0 Å². The fourth-order valence-corrected chi connectivity index (χ4v) is 7.66. The van der Waals surface area contributed by atoms with E-state index in [0.717, 1.165) is 51.3 Å². The highest BCUT2D eigenvalue weighted by Crippen LogP contribution is 2.49. The van der Waals surface area contributed by atoms with Crippen LogP contribution in [0.3, 0.4) is 0 Å². The van der Waals surface area contributed by atoms with E-state index in [1.54, 1.807) is 0 Å². The van der Waals surface area contributed by atoms with Gasteiger partial charge in [-0.1, -0.05) is 124 Å². The second kappa shape index (κ2) is 11.0. The highest BCUT2D eigenvalue weighted by molar-refractivity contribution is 9.11. The van der Waals surface area contributed by atoms with Crippen LogP contribution < -0.4 is 0 Å². The minimum atomic E-state index is -0.286. The molecule has 2 aliphatic rings. The summed E-state index contributed by atoms with van der Waals surface area (Å²) in [5.74, 6) is 0. The number of hydrogen-bond acceptors (Lipinski definition) is 3. The maximum Gasteiger partial charge on any atom is 0.114 e. The van der Waals surface area contributed by atoms with Crippen LogP contribution in [0.15, 0.2) is 103 Å². The largest absolute Gasteiger partial charge is 0.370 e. The Hall–Kier alpha value is -1.32. The number of epoxide rings is 2. The third kappa shape index (κ3) is 5.69. The quantitative estimate of drug-likeness (QED) is 0.168. The number of benzene rings is 4. The first-order chi connectivity index (χ1) is 18.0. The van der Waals surface area contributed by atoms with Gasteiger partial charge in [0.15, 0.2) is 0 Å². The fourth-order valence-electron chi connectivity index (χ4n) is 4.76. The molecule has 0 bridgehead atoms. The first-order valence-electron chi connectivity index (χ1n) is 12.0. The summed E-state index contributed by atoms with van der Waals surface area (Å²) in [5.41, 5.74) is 6.63. The Morgan fingerprint density at radius 1 is 0.595 bits per heavy atom. The lowest BCUT2D eigenvalue weighted by molar-refractivity contribution is -0.0420. The van der Waals surface area contributed by atoms with E-state index < -0.39 is 0 Å². The Balaban J connectivity index is 1.47. The Labute approximate surface area is 250 Å². The fraction of sp³-hybridized carbons (Fsp3) is 0.200. The first kappa shape index (κ1) is 25.9. The Morgan fingerprint density at radius 3 is 1.32 bits per heavy atom. The standard InChI is InChI=1S/C30H22Br4O3/c31-19-11-21(17-7-3-1-4-8-17)27(23(33)13-19)29(25-15-35-25)37-30(26-16-36-26)28-22(12-20(32)14-24(28)34)18-9-5-2-6-10-18/h1-14,25-26,29-30H,15-16H2. The van der Waals surface area contributed by atoms with Crippen molar-refractivity contribution in [2.24, 2.45) is 0 Å². The molecule has 37 heavy (non-hydrogen) atoms. The molecule has 0 radical (unpaired) electrons. The lowest BCUT2D eigenvalue weighted by Crippen LogP contribution is -2.21. The molecule has 0 saturated carbocycles. The SMILES string of the molecule is Brc1cc(Br)c(C(OC(c2c(Br)cc(Br)cc2-c2ccccc2)C2CO2)C2CO2)c(-c2ccccc2)c1. The minimum absolute atomic E-state index is 0.0319. The van der Waals surface area contributed by atoms with Gasteiger partial charge in [-0.25, -0.2) is 0 Å². The van der Waals surface area contributed by atoms with Gasteiger partial charge in [0.05, 0.1) is 13.2 Å². The summed E-state index contributed by atoms with van der Waals surface area (Å²) < 4.78 is 22.8. The summed E-state index contributed by atoms with van der Waals surface area (Å²) in [6, 6.07) is 29.3. The molecule has 6 rings (SSSR count). The summed E-state index contributed by atoms with van der Waals surface area (Å²) in [5, 5.41) is 0. The van der Waals surface area contributed by atoms with Gasteiger partial charge in [-0.3, -0.25) is 0 Å². The van der Waals surface area contributed by atoms with Crippen molar-refractivity contribution >= 4 is 63.7 Å². The van der Waals surface area contributed by atoms with E-state index in [1.807, 2.05) is 12.1 Å². The maximum absolute atomic E-state index is 7.10. The van der Waals surface area contributed by atoms with Crippen LogP contribution >= 0.6 is 63.7 Å². The van der Waals surface area contributed by atoms with Gasteiger partial charge in [0.1, 0.15) is 24.4 Å². The Bertz CT molecular complexity index is 1310. The van der Waals surface area contributed by atoms with Crippen molar-refractivity contribution in [2.75, 3.05) is 13.2 Å². The summed E-state index contributed by atoms with van der Waals surface area (Å²) in [4.78, 5) is 0. The molecule has 0 N–H and O–H groups in total. The zero-order valence-corrected chi connectivity index (χ0v) is 25.9. The molecule has 4 atom stereocenters. The molecular formula is C30H22Br4O3. The average Bonchev–Trinajstić information content (AvgIpc) is 3.81. The molecular weight excluding hydrogens is 728 g/mol.